The highest BCUT2D eigenvalue weighted by Crippen LogP contribution is 2.20. The number of thiazole rings is 2. The van der Waals surface area contributed by atoms with Gasteiger partial charge in [-0.3, -0.25) is 9.69 Å². The van der Waals surface area contributed by atoms with Crippen molar-refractivity contribution in [1.29, 1.82) is 0 Å². The third-order valence-corrected chi connectivity index (χ3v) is 4.68. The molecule has 0 aliphatic carbocycles. The normalized spacial score (nSPS) is 10.5. The van der Waals surface area contributed by atoms with Crippen LogP contribution in [0, 0.1) is 0 Å². The Morgan fingerprint density at radius 3 is 2.76 bits per heavy atom. The molecule has 2 aromatic heterocycles. The summed E-state index contributed by atoms with van der Waals surface area (Å²) in [4.78, 5) is 22.5. The minimum Gasteiger partial charge on any atom is -0.286 e. The van der Waals surface area contributed by atoms with E-state index in [1.54, 1.807) is 13.2 Å². The van der Waals surface area contributed by atoms with Crippen molar-refractivity contribution in [2.24, 2.45) is 0 Å². The zero-order valence-electron chi connectivity index (χ0n) is 11.4. The molecule has 0 bridgehead atoms. The van der Waals surface area contributed by atoms with Crippen molar-refractivity contribution in [3.8, 4) is 0 Å². The second-order valence-electron chi connectivity index (χ2n) is 4.47. The summed E-state index contributed by atoms with van der Waals surface area (Å²) >= 11 is 2.94. The van der Waals surface area contributed by atoms with Crippen molar-refractivity contribution >= 4 is 33.7 Å². The lowest BCUT2D eigenvalue weighted by Gasteiger charge is -2.11. The van der Waals surface area contributed by atoms with Gasteiger partial charge in [-0.2, -0.15) is 0 Å². The lowest BCUT2D eigenvalue weighted by atomic mass is 10.2. The lowest BCUT2D eigenvalue weighted by molar-refractivity contribution is 0.0988. The van der Waals surface area contributed by atoms with E-state index in [0.29, 0.717) is 10.8 Å². The summed E-state index contributed by atoms with van der Waals surface area (Å²) in [5.74, 6) is -0.125. The van der Waals surface area contributed by atoms with Gasteiger partial charge in [-0.1, -0.05) is 30.3 Å². The van der Waals surface area contributed by atoms with Gasteiger partial charge in [-0.15, -0.1) is 22.7 Å². The molecule has 1 amide bonds. The molecule has 6 heteroatoms. The molecule has 1 aromatic carbocycles. The molecule has 0 unspecified atom stereocenters. The van der Waals surface area contributed by atoms with Gasteiger partial charge in [0.1, 0.15) is 5.69 Å². The first-order valence-electron chi connectivity index (χ1n) is 6.40. The minimum atomic E-state index is -0.125. The monoisotopic (exact) mass is 315 g/mol. The maximum absolute atomic E-state index is 12.3. The number of rotatable bonds is 4. The fourth-order valence-corrected chi connectivity index (χ4v) is 3.31. The predicted molar refractivity (Wildman–Crippen MR) is 86.2 cm³/mol. The van der Waals surface area contributed by atoms with Crippen LogP contribution >= 0.6 is 22.7 Å². The predicted octanol–water partition coefficient (Wildman–Crippen LogP) is 3.47. The summed E-state index contributed by atoms with van der Waals surface area (Å²) in [6, 6.07) is 10.1. The quantitative estimate of drug-likeness (QED) is 0.740. The van der Waals surface area contributed by atoms with Gasteiger partial charge >= 0.3 is 0 Å². The van der Waals surface area contributed by atoms with Gasteiger partial charge in [-0.05, 0) is 5.56 Å². The van der Waals surface area contributed by atoms with Gasteiger partial charge < -0.3 is 0 Å². The van der Waals surface area contributed by atoms with Crippen LogP contribution in [0.2, 0.25) is 0 Å². The Morgan fingerprint density at radius 1 is 1.24 bits per heavy atom. The van der Waals surface area contributed by atoms with Crippen LogP contribution in [0.15, 0.2) is 47.3 Å². The van der Waals surface area contributed by atoms with Crippen LogP contribution in [-0.4, -0.2) is 22.9 Å². The van der Waals surface area contributed by atoms with Crippen LogP contribution in [0.4, 0.5) is 5.13 Å². The molecule has 21 heavy (non-hydrogen) atoms. The van der Waals surface area contributed by atoms with E-state index in [-0.39, 0.29) is 5.91 Å². The zero-order valence-corrected chi connectivity index (χ0v) is 13.0. The van der Waals surface area contributed by atoms with Gasteiger partial charge in [0.25, 0.3) is 5.91 Å². The van der Waals surface area contributed by atoms with Gasteiger partial charge in [-0.25, -0.2) is 9.97 Å². The van der Waals surface area contributed by atoms with Crippen LogP contribution in [0.25, 0.3) is 0 Å². The molecule has 0 spiro atoms. The number of amides is 1. The third-order valence-electron chi connectivity index (χ3n) is 2.98. The summed E-state index contributed by atoms with van der Waals surface area (Å²) in [5.41, 5.74) is 1.67. The smallest absolute Gasteiger partial charge is 0.279 e. The second kappa shape index (κ2) is 6.15. The zero-order chi connectivity index (χ0) is 14.7. The number of carbonyl (C=O) groups is 1. The molecular weight excluding hydrogens is 302 g/mol. The van der Waals surface area contributed by atoms with E-state index in [1.807, 2.05) is 29.0 Å². The molecule has 0 saturated heterocycles. The SMILES string of the molecule is CN(C(=O)c1csc(Cc2ccccc2)n1)c1nccs1. The number of hydrogen-bond acceptors (Lipinski definition) is 5. The molecule has 3 aromatic rings. The van der Waals surface area contributed by atoms with E-state index in [2.05, 4.69) is 22.1 Å². The van der Waals surface area contributed by atoms with Crippen molar-refractivity contribution in [3.63, 3.8) is 0 Å². The van der Waals surface area contributed by atoms with Gasteiger partial charge in [0.15, 0.2) is 5.13 Å². The van der Waals surface area contributed by atoms with E-state index >= 15 is 0 Å². The number of hydrogen-bond donors (Lipinski definition) is 0. The van der Waals surface area contributed by atoms with Gasteiger partial charge in [0.05, 0.1) is 5.01 Å². The average Bonchev–Trinajstić information content (AvgIpc) is 3.18. The first kappa shape index (κ1) is 13.9. The Morgan fingerprint density at radius 2 is 2.05 bits per heavy atom. The molecule has 0 radical (unpaired) electrons. The Bertz CT molecular complexity index is 722. The number of nitrogens with zero attached hydrogens (tertiary/aromatic N) is 3. The van der Waals surface area contributed by atoms with E-state index in [0.717, 1.165) is 11.4 Å². The van der Waals surface area contributed by atoms with Crippen LogP contribution in [0.3, 0.4) is 0 Å². The molecule has 3 rings (SSSR count). The number of aromatic nitrogens is 2. The highest BCUT2D eigenvalue weighted by Gasteiger charge is 2.18. The Balaban J connectivity index is 1.74. The fraction of sp³-hybridized carbons (Fsp3) is 0.133. The number of benzene rings is 1. The molecular formula is C15H13N3OS2. The van der Waals surface area contributed by atoms with Crippen molar-refractivity contribution in [3.05, 3.63) is 63.6 Å². The summed E-state index contributed by atoms with van der Waals surface area (Å²) < 4.78 is 0. The molecule has 2 heterocycles. The summed E-state index contributed by atoms with van der Waals surface area (Å²) in [6.07, 6.45) is 2.44. The summed E-state index contributed by atoms with van der Waals surface area (Å²) in [5, 5.41) is 5.28. The van der Waals surface area contributed by atoms with E-state index in [1.165, 1.54) is 33.1 Å². The number of carbonyl (C=O) groups excluding carboxylic acids is 1. The second-order valence-corrected chi connectivity index (χ2v) is 6.28. The largest absolute Gasteiger partial charge is 0.286 e. The molecule has 4 nitrogen and oxygen atoms in total. The van der Waals surface area contributed by atoms with E-state index in [4.69, 9.17) is 0 Å². The Hall–Kier alpha value is -2.05. The van der Waals surface area contributed by atoms with Gasteiger partial charge in [0, 0.05) is 30.4 Å². The summed E-state index contributed by atoms with van der Waals surface area (Å²) in [7, 11) is 1.72. The summed E-state index contributed by atoms with van der Waals surface area (Å²) in [6.45, 7) is 0. The molecule has 0 saturated carbocycles. The van der Waals surface area contributed by atoms with Crippen molar-refractivity contribution < 1.29 is 4.79 Å². The topological polar surface area (TPSA) is 46.1 Å². The van der Waals surface area contributed by atoms with E-state index < -0.39 is 0 Å². The third kappa shape index (κ3) is 3.17. The van der Waals surface area contributed by atoms with Crippen LogP contribution in [-0.2, 0) is 6.42 Å². The maximum atomic E-state index is 12.3. The average molecular weight is 315 g/mol. The highest BCUT2D eigenvalue weighted by molar-refractivity contribution is 7.13. The standard InChI is InChI=1S/C15H13N3OS2/c1-18(15-16-7-8-20-15)14(19)12-10-21-13(17-12)9-11-5-3-2-4-6-11/h2-8,10H,9H2,1H3. The van der Waals surface area contributed by atoms with Crippen molar-refractivity contribution in [1.82, 2.24) is 9.97 Å². The first-order valence-corrected chi connectivity index (χ1v) is 8.16. The van der Waals surface area contributed by atoms with Crippen molar-refractivity contribution in [2.75, 3.05) is 11.9 Å². The Kier molecular flexibility index (Phi) is 4.08. The fourth-order valence-electron chi connectivity index (χ4n) is 1.90. The molecule has 0 aliphatic rings. The van der Waals surface area contributed by atoms with Crippen molar-refractivity contribution in [2.45, 2.75) is 6.42 Å². The van der Waals surface area contributed by atoms with Crippen LogP contribution in [0.5, 0.6) is 0 Å². The van der Waals surface area contributed by atoms with Crippen LogP contribution in [0.1, 0.15) is 21.1 Å². The lowest BCUT2D eigenvalue weighted by Crippen LogP contribution is -2.26. The molecule has 0 aliphatic heterocycles. The molecule has 0 N–H and O–H groups in total. The molecule has 0 atom stereocenters. The number of anilines is 1. The van der Waals surface area contributed by atoms with Gasteiger partial charge in [0.2, 0.25) is 0 Å². The molecule has 106 valence electrons. The minimum absolute atomic E-state index is 0.125. The highest BCUT2D eigenvalue weighted by atomic mass is 32.1. The first-order chi connectivity index (χ1) is 10.2. The van der Waals surface area contributed by atoms with E-state index in [9.17, 15) is 4.79 Å². The maximum Gasteiger partial charge on any atom is 0.279 e. The Labute approximate surface area is 130 Å². The molecule has 0 fully saturated rings. The van der Waals surface area contributed by atoms with Crippen LogP contribution < -0.4 is 4.90 Å².